The average Bonchev–Trinajstić information content (AvgIpc) is 3.22. The first-order valence-electron chi connectivity index (χ1n) is 22.3. The zero-order valence-corrected chi connectivity index (χ0v) is 36.5. The smallest absolute Gasteiger partial charge is 0.306 e. The topological polar surface area (TPSA) is 78.9 Å². The van der Waals surface area contributed by atoms with Crippen LogP contribution in [0.4, 0.5) is 0 Å². The molecule has 58 heavy (non-hydrogen) atoms. The van der Waals surface area contributed by atoms with Crippen LogP contribution in [0.15, 0.2) is 134 Å². The molecule has 0 aliphatic rings. The Morgan fingerprint density at radius 3 is 1.22 bits per heavy atom. The third kappa shape index (κ3) is 42.7. The second kappa shape index (κ2) is 45.3. The Balaban J connectivity index is 4.59. The summed E-state index contributed by atoms with van der Waals surface area (Å²) in [6, 6.07) is 0. The molecular weight excluding hydrogens is 721 g/mol. The summed E-state index contributed by atoms with van der Waals surface area (Å²) < 4.78 is 16.6. The van der Waals surface area contributed by atoms with E-state index in [9.17, 15) is 14.4 Å². The van der Waals surface area contributed by atoms with Crippen molar-refractivity contribution in [1.82, 2.24) is 0 Å². The summed E-state index contributed by atoms with van der Waals surface area (Å²) >= 11 is 0. The maximum absolute atomic E-state index is 12.7. The number of carbonyl (C=O) groups is 3. The third-order valence-electron chi connectivity index (χ3n) is 8.57. The maximum atomic E-state index is 12.7. The van der Waals surface area contributed by atoms with Crippen molar-refractivity contribution in [2.45, 2.75) is 162 Å². The van der Waals surface area contributed by atoms with Gasteiger partial charge in [0.1, 0.15) is 13.2 Å². The van der Waals surface area contributed by atoms with Gasteiger partial charge in [-0.3, -0.25) is 14.4 Å². The molecule has 0 fully saturated rings. The molecule has 0 amide bonds. The monoisotopic (exact) mass is 799 g/mol. The lowest BCUT2D eigenvalue weighted by Crippen LogP contribution is -2.30. The van der Waals surface area contributed by atoms with Crippen LogP contribution in [0.2, 0.25) is 0 Å². The quantitative estimate of drug-likeness (QED) is 0.0205. The Hall–Kier alpha value is -4.45. The van der Waals surface area contributed by atoms with Crippen LogP contribution in [0, 0.1) is 0 Å². The van der Waals surface area contributed by atoms with Crippen LogP contribution in [0.3, 0.4) is 0 Å². The first-order valence-corrected chi connectivity index (χ1v) is 22.3. The fourth-order valence-electron chi connectivity index (χ4n) is 5.30. The molecule has 0 N–H and O–H groups in total. The molecule has 0 saturated carbocycles. The number of esters is 3. The number of rotatable bonds is 37. The molecule has 0 heterocycles. The Bertz CT molecular complexity index is 1330. The predicted octanol–water partition coefficient (Wildman–Crippen LogP) is 14.4. The van der Waals surface area contributed by atoms with E-state index in [4.69, 9.17) is 14.2 Å². The lowest BCUT2D eigenvalue weighted by atomic mass is 10.1. The number of carbonyl (C=O) groups excluding carboxylic acids is 3. The van der Waals surface area contributed by atoms with Gasteiger partial charge < -0.3 is 14.2 Å². The highest BCUT2D eigenvalue weighted by Crippen LogP contribution is 2.11. The van der Waals surface area contributed by atoms with Crippen LogP contribution < -0.4 is 0 Å². The van der Waals surface area contributed by atoms with Gasteiger partial charge in [0.05, 0.1) is 0 Å². The maximum Gasteiger partial charge on any atom is 0.306 e. The predicted molar refractivity (Wildman–Crippen MR) is 246 cm³/mol. The van der Waals surface area contributed by atoms with Gasteiger partial charge in [0.15, 0.2) is 6.10 Å². The summed E-state index contributed by atoms with van der Waals surface area (Å²) in [6.07, 6.45) is 62.9. The second-order valence-corrected chi connectivity index (χ2v) is 14.0. The summed E-state index contributed by atoms with van der Waals surface area (Å²) in [6.45, 7) is 6.11. The number of ether oxygens (including phenoxy) is 3. The van der Waals surface area contributed by atoms with Crippen LogP contribution in [-0.4, -0.2) is 37.2 Å². The summed E-state index contributed by atoms with van der Waals surface area (Å²) in [7, 11) is 0. The van der Waals surface area contributed by atoms with E-state index in [-0.39, 0.29) is 44.0 Å². The van der Waals surface area contributed by atoms with Crippen LogP contribution >= 0.6 is 0 Å². The molecule has 0 aliphatic heterocycles. The van der Waals surface area contributed by atoms with Crippen molar-refractivity contribution in [2.24, 2.45) is 0 Å². The molecule has 0 rings (SSSR count). The van der Waals surface area contributed by atoms with Gasteiger partial charge in [-0.1, -0.05) is 180 Å². The molecule has 1 atom stereocenters. The molecule has 0 radical (unpaired) electrons. The molecular formula is C52H78O6. The van der Waals surface area contributed by atoms with Crippen molar-refractivity contribution >= 4 is 17.9 Å². The molecule has 0 aromatic heterocycles. The molecule has 6 nitrogen and oxygen atoms in total. The minimum Gasteiger partial charge on any atom is -0.462 e. The Labute approximate surface area is 354 Å². The summed E-state index contributed by atoms with van der Waals surface area (Å²) in [5.41, 5.74) is 0. The third-order valence-corrected chi connectivity index (χ3v) is 8.57. The van der Waals surface area contributed by atoms with Gasteiger partial charge >= 0.3 is 17.9 Å². The summed E-state index contributed by atoms with van der Waals surface area (Å²) in [4.78, 5) is 37.7. The van der Waals surface area contributed by atoms with Gasteiger partial charge in [-0.15, -0.1) is 0 Å². The van der Waals surface area contributed by atoms with Crippen molar-refractivity contribution < 1.29 is 28.6 Å². The zero-order chi connectivity index (χ0) is 42.3. The first kappa shape index (κ1) is 53.6. The van der Waals surface area contributed by atoms with Crippen molar-refractivity contribution in [2.75, 3.05) is 13.2 Å². The van der Waals surface area contributed by atoms with E-state index in [0.717, 1.165) is 109 Å². The number of unbranched alkanes of at least 4 members (excludes halogenated alkanes) is 10. The summed E-state index contributed by atoms with van der Waals surface area (Å²) in [5, 5.41) is 0. The molecule has 0 bridgehead atoms. The van der Waals surface area contributed by atoms with Crippen LogP contribution in [-0.2, 0) is 28.6 Å². The van der Waals surface area contributed by atoms with Crippen LogP contribution in [0.1, 0.15) is 156 Å². The van der Waals surface area contributed by atoms with Crippen molar-refractivity contribution in [1.29, 1.82) is 0 Å². The van der Waals surface area contributed by atoms with E-state index in [1.54, 1.807) is 0 Å². The lowest BCUT2D eigenvalue weighted by molar-refractivity contribution is -0.167. The number of allylic oxidation sites excluding steroid dienone is 22. The van der Waals surface area contributed by atoms with E-state index in [1.165, 1.54) is 0 Å². The molecule has 0 aromatic rings. The number of hydrogen-bond donors (Lipinski definition) is 0. The van der Waals surface area contributed by atoms with E-state index in [1.807, 2.05) is 54.7 Å². The van der Waals surface area contributed by atoms with Gasteiger partial charge in [0.25, 0.3) is 0 Å². The SMILES string of the molecule is CC\C=C/C=C\C=C/C=C\C=C/CCCCCC(=O)OCC(COC(=O)CCCC/C=C\C/C=C\C/C=C\CC)OC(=O)CCCCCCC\C=C/C=C\C=C/CC. The largest absolute Gasteiger partial charge is 0.462 e. The molecule has 1 unspecified atom stereocenters. The molecule has 0 aliphatic carbocycles. The van der Waals surface area contributed by atoms with Crippen LogP contribution in [0.25, 0.3) is 0 Å². The highest BCUT2D eigenvalue weighted by molar-refractivity contribution is 5.71. The first-order chi connectivity index (χ1) is 28.5. The van der Waals surface area contributed by atoms with Crippen molar-refractivity contribution in [3.05, 3.63) is 134 Å². The molecule has 0 saturated heterocycles. The minimum atomic E-state index is -0.825. The van der Waals surface area contributed by atoms with Crippen molar-refractivity contribution in [3.8, 4) is 0 Å². The molecule has 6 heteroatoms. The Kier molecular flexibility index (Phi) is 41.8. The Morgan fingerprint density at radius 1 is 0.362 bits per heavy atom. The Morgan fingerprint density at radius 2 is 0.707 bits per heavy atom. The fraction of sp³-hybridized carbons (Fsp3) is 0.519. The van der Waals surface area contributed by atoms with Gasteiger partial charge in [-0.2, -0.15) is 0 Å². The van der Waals surface area contributed by atoms with Crippen LogP contribution in [0.5, 0.6) is 0 Å². The molecule has 0 spiro atoms. The molecule has 0 aromatic carbocycles. The second-order valence-electron chi connectivity index (χ2n) is 14.0. The van der Waals surface area contributed by atoms with Crippen molar-refractivity contribution in [3.63, 3.8) is 0 Å². The molecule has 322 valence electrons. The van der Waals surface area contributed by atoms with E-state index in [2.05, 4.69) is 99.8 Å². The zero-order valence-electron chi connectivity index (χ0n) is 36.5. The highest BCUT2D eigenvalue weighted by atomic mass is 16.6. The highest BCUT2D eigenvalue weighted by Gasteiger charge is 2.19. The number of hydrogen-bond acceptors (Lipinski definition) is 6. The standard InChI is InChI=1S/C52H78O6/c1-4-7-10-13-16-19-22-25-26-28-30-33-36-39-42-45-51(54)57-48-49(47-56-50(53)44-41-38-35-32-29-24-21-18-15-12-9-6-3)58-52(55)46-43-40-37-34-31-27-23-20-17-14-11-8-5-2/h7-14,16-23,25-26,28-30,32,49H,4-6,15,24,27,31,33-48H2,1-3H3/b10-7-,11-8-,12-9-,16-13-,17-14-,21-18-,22-19-,23-20-,26-25-,30-28-,32-29-. The average molecular weight is 799 g/mol. The summed E-state index contributed by atoms with van der Waals surface area (Å²) in [5.74, 6) is -1.04. The van der Waals surface area contributed by atoms with Gasteiger partial charge in [-0.25, -0.2) is 0 Å². The van der Waals surface area contributed by atoms with E-state index < -0.39 is 6.10 Å². The lowest BCUT2D eigenvalue weighted by Gasteiger charge is -2.18. The van der Waals surface area contributed by atoms with Gasteiger partial charge in [0, 0.05) is 19.3 Å². The van der Waals surface area contributed by atoms with E-state index >= 15 is 0 Å². The van der Waals surface area contributed by atoms with Gasteiger partial charge in [0.2, 0.25) is 0 Å². The minimum absolute atomic E-state index is 0.126. The fourth-order valence-corrected chi connectivity index (χ4v) is 5.30. The van der Waals surface area contributed by atoms with Gasteiger partial charge in [-0.05, 0) is 89.9 Å². The van der Waals surface area contributed by atoms with E-state index in [0.29, 0.717) is 12.8 Å². The normalized spacial score (nSPS) is 13.4.